The third-order valence-electron chi connectivity index (χ3n) is 2.93. The molecule has 0 bridgehead atoms. The smallest absolute Gasteiger partial charge is 0.410 e. The molecular weight excluding hydrogens is 354 g/mol. The Hall–Kier alpha value is -1.52. The molecule has 0 aliphatic carbocycles. The Balaban J connectivity index is 1.92. The summed E-state index contributed by atoms with van der Waals surface area (Å²) >= 11 is 9.41. The maximum Gasteiger partial charge on any atom is 0.410 e. The minimum atomic E-state index is -0.370. The Morgan fingerprint density at radius 1 is 1.24 bits per heavy atom. The van der Waals surface area contributed by atoms with Crippen LogP contribution in [0, 0.1) is 0 Å². The van der Waals surface area contributed by atoms with Gasteiger partial charge in [0.1, 0.15) is 6.61 Å². The van der Waals surface area contributed by atoms with E-state index in [0.717, 1.165) is 15.6 Å². The van der Waals surface area contributed by atoms with Crippen LogP contribution in [-0.4, -0.2) is 18.0 Å². The topological polar surface area (TPSA) is 29.5 Å². The molecule has 0 saturated carbocycles. The highest BCUT2D eigenvalue weighted by atomic mass is 79.9. The molecule has 3 nitrogen and oxygen atoms in total. The second-order valence-corrected chi connectivity index (χ2v) is 5.92. The van der Waals surface area contributed by atoms with Gasteiger partial charge in [-0.2, -0.15) is 0 Å². The van der Waals surface area contributed by atoms with Crippen molar-refractivity contribution in [2.24, 2.45) is 0 Å². The second kappa shape index (κ2) is 7.48. The van der Waals surface area contributed by atoms with Gasteiger partial charge < -0.3 is 9.64 Å². The Morgan fingerprint density at radius 3 is 2.67 bits per heavy atom. The van der Waals surface area contributed by atoms with Crippen molar-refractivity contribution in [3.05, 3.63) is 69.2 Å². The van der Waals surface area contributed by atoms with Crippen LogP contribution >= 0.6 is 27.5 Å². The van der Waals surface area contributed by atoms with Crippen LogP contribution in [-0.2, 0) is 17.9 Å². The van der Waals surface area contributed by atoms with E-state index in [4.69, 9.17) is 16.3 Å². The van der Waals surface area contributed by atoms with Gasteiger partial charge in [-0.1, -0.05) is 57.9 Å². The second-order valence-electron chi connectivity index (χ2n) is 4.63. The lowest BCUT2D eigenvalue weighted by atomic mass is 10.2. The maximum atomic E-state index is 12.0. The van der Waals surface area contributed by atoms with Crippen LogP contribution in [0.15, 0.2) is 53.0 Å². The van der Waals surface area contributed by atoms with Gasteiger partial charge in [-0.05, 0) is 29.3 Å². The molecule has 0 aromatic heterocycles. The van der Waals surface area contributed by atoms with Crippen LogP contribution in [0.5, 0.6) is 0 Å². The fourth-order valence-electron chi connectivity index (χ4n) is 1.81. The minimum Gasteiger partial charge on any atom is -0.445 e. The molecule has 0 aliphatic rings. The summed E-state index contributed by atoms with van der Waals surface area (Å²) in [6.07, 6.45) is -0.370. The monoisotopic (exact) mass is 367 g/mol. The van der Waals surface area contributed by atoms with Crippen LogP contribution in [0.1, 0.15) is 11.1 Å². The lowest BCUT2D eigenvalue weighted by Gasteiger charge is -2.18. The lowest BCUT2D eigenvalue weighted by molar-refractivity contribution is 0.103. The third kappa shape index (κ3) is 4.76. The Labute approximate surface area is 137 Å². The summed E-state index contributed by atoms with van der Waals surface area (Å²) in [5.74, 6) is 0. The molecule has 21 heavy (non-hydrogen) atoms. The molecule has 1 amide bonds. The predicted molar refractivity (Wildman–Crippen MR) is 87.2 cm³/mol. The largest absolute Gasteiger partial charge is 0.445 e. The quantitative estimate of drug-likeness (QED) is 0.770. The van der Waals surface area contributed by atoms with E-state index in [-0.39, 0.29) is 12.7 Å². The molecule has 0 unspecified atom stereocenters. The van der Waals surface area contributed by atoms with E-state index < -0.39 is 0 Å². The number of nitrogens with zero attached hydrogens (tertiary/aromatic N) is 1. The first-order chi connectivity index (χ1) is 10.1. The fraction of sp³-hybridized carbons (Fsp3) is 0.188. The molecule has 0 heterocycles. The van der Waals surface area contributed by atoms with Crippen LogP contribution in [0.4, 0.5) is 4.79 Å². The van der Waals surface area contributed by atoms with Crippen molar-refractivity contribution >= 4 is 33.6 Å². The third-order valence-corrected chi connectivity index (χ3v) is 3.94. The number of benzene rings is 2. The zero-order chi connectivity index (χ0) is 15.2. The van der Waals surface area contributed by atoms with E-state index in [0.29, 0.717) is 11.6 Å². The van der Waals surface area contributed by atoms with Gasteiger partial charge in [0.05, 0.1) is 0 Å². The first-order valence-electron chi connectivity index (χ1n) is 6.42. The summed E-state index contributed by atoms with van der Waals surface area (Å²) in [6.45, 7) is 0.690. The van der Waals surface area contributed by atoms with Crippen molar-refractivity contribution in [1.82, 2.24) is 4.90 Å². The molecule has 0 saturated heterocycles. The van der Waals surface area contributed by atoms with Crippen molar-refractivity contribution < 1.29 is 9.53 Å². The van der Waals surface area contributed by atoms with Gasteiger partial charge in [0.25, 0.3) is 0 Å². The molecule has 0 radical (unpaired) electrons. The van der Waals surface area contributed by atoms with E-state index in [1.165, 1.54) is 4.90 Å². The number of halogens is 2. The molecule has 2 aromatic rings. The standard InChI is InChI=1S/C16H15BrClNO2/c1-19(10-13-9-14(18)7-8-15(13)17)16(20)21-11-12-5-3-2-4-6-12/h2-9H,10-11H2,1H3. The van der Waals surface area contributed by atoms with E-state index in [2.05, 4.69) is 15.9 Å². The van der Waals surface area contributed by atoms with Gasteiger partial charge in [-0.25, -0.2) is 4.79 Å². The summed E-state index contributed by atoms with van der Waals surface area (Å²) in [7, 11) is 1.70. The average molecular weight is 369 g/mol. The van der Waals surface area contributed by atoms with Gasteiger partial charge in [-0.3, -0.25) is 0 Å². The van der Waals surface area contributed by atoms with E-state index in [9.17, 15) is 4.79 Å². The highest BCUT2D eigenvalue weighted by Crippen LogP contribution is 2.22. The lowest BCUT2D eigenvalue weighted by Crippen LogP contribution is -2.27. The zero-order valence-electron chi connectivity index (χ0n) is 11.6. The highest BCUT2D eigenvalue weighted by molar-refractivity contribution is 9.10. The van der Waals surface area contributed by atoms with Crippen molar-refractivity contribution in [1.29, 1.82) is 0 Å². The van der Waals surface area contributed by atoms with E-state index >= 15 is 0 Å². The molecule has 2 rings (SSSR count). The fourth-order valence-corrected chi connectivity index (χ4v) is 2.38. The zero-order valence-corrected chi connectivity index (χ0v) is 13.9. The van der Waals surface area contributed by atoms with Crippen molar-refractivity contribution in [2.75, 3.05) is 7.05 Å². The van der Waals surface area contributed by atoms with Crippen molar-refractivity contribution in [3.8, 4) is 0 Å². The van der Waals surface area contributed by atoms with Gasteiger partial charge in [0.2, 0.25) is 0 Å². The molecule has 0 N–H and O–H groups in total. The SMILES string of the molecule is CN(Cc1cc(Cl)ccc1Br)C(=O)OCc1ccccc1. The first-order valence-corrected chi connectivity index (χ1v) is 7.59. The summed E-state index contributed by atoms with van der Waals surface area (Å²) in [4.78, 5) is 13.5. The summed E-state index contributed by atoms with van der Waals surface area (Å²) in [5, 5.41) is 0.638. The maximum absolute atomic E-state index is 12.0. The Morgan fingerprint density at radius 2 is 1.95 bits per heavy atom. The number of rotatable bonds is 4. The molecule has 2 aromatic carbocycles. The number of carbonyl (C=O) groups excluding carboxylic acids is 1. The number of hydrogen-bond acceptors (Lipinski definition) is 2. The molecule has 5 heteroatoms. The van der Waals surface area contributed by atoms with Crippen LogP contribution < -0.4 is 0 Å². The van der Waals surface area contributed by atoms with Crippen molar-refractivity contribution in [2.45, 2.75) is 13.2 Å². The Bertz CT molecular complexity index is 619. The minimum absolute atomic E-state index is 0.265. The van der Waals surface area contributed by atoms with Gasteiger partial charge in [0, 0.05) is 23.1 Å². The number of carbonyl (C=O) groups is 1. The first kappa shape index (κ1) is 15.9. The van der Waals surface area contributed by atoms with Gasteiger partial charge in [-0.15, -0.1) is 0 Å². The van der Waals surface area contributed by atoms with Crippen LogP contribution in [0.3, 0.4) is 0 Å². The predicted octanol–water partition coefficient (Wildman–Crippen LogP) is 4.87. The normalized spacial score (nSPS) is 10.2. The molecule has 0 aliphatic heterocycles. The average Bonchev–Trinajstić information content (AvgIpc) is 2.49. The summed E-state index contributed by atoms with van der Waals surface area (Å²) < 4.78 is 6.18. The highest BCUT2D eigenvalue weighted by Gasteiger charge is 2.12. The summed E-state index contributed by atoms with van der Waals surface area (Å²) in [5.41, 5.74) is 1.89. The van der Waals surface area contributed by atoms with E-state index in [1.807, 2.05) is 42.5 Å². The van der Waals surface area contributed by atoms with E-state index in [1.54, 1.807) is 13.1 Å². The molecule has 110 valence electrons. The number of hydrogen-bond donors (Lipinski definition) is 0. The van der Waals surface area contributed by atoms with Crippen LogP contribution in [0.25, 0.3) is 0 Å². The van der Waals surface area contributed by atoms with Gasteiger partial charge >= 0.3 is 6.09 Å². The number of ether oxygens (including phenoxy) is 1. The van der Waals surface area contributed by atoms with Gasteiger partial charge in [0.15, 0.2) is 0 Å². The molecule has 0 fully saturated rings. The molecular formula is C16H15BrClNO2. The molecule has 0 atom stereocenters. The molecule has 0 spiro atoms. The Kier molecular flexibility index (Phi) is 5.65. The summed E-state index contributed by atoms with van der Waals surface area (Å²) in [6, 6.07) is 15.1. The van der Waals surface area contributed by atoms with Crippen molar-refractivity contribution in [3.63, 3.8) is 0 Å². The van der Waals surface area contributed by atoms with Crippen LogP contribution in [0.2, 0.25) is 5.02 Å². The number of amides is 1.